The molecule has 3 heteroatoms. The monoisotopic (exact) mass is 264 g/mol. The van der Waals surface area contributed by atoms with Crippen LogP contribution in [0.25, 0.3) is 0 Å². The van der Waals surface area contributed by atoms with Gasteiger partial charge in [0.05, 0.1) is 11.4 Å². The zero-order chi connectivity index (χ0) is 14.0. The summed E-state index contributed by atoms with van der Waals surface area (Å²) in [5.74, 6) is -1.38. The third kappa shape index (κ3) is 2.53. The number of hydrogen-bond donors (Lipinski definition) is 1. The summed E-state index contributed by atoms with van der Waals surface area (Å²) in [6.45, 7) is 1.88. The van der Waals surface area contributed by atoms with Crippen LogP contribution in [-0.2, 0) is 6.42 Å². The van der Waals surface area contributed by atoms with E-state index < -0.39 is 5.85 Å². The molecule has 3 rings (SSSR count). The summed E-state index contributed by atoms with van der Waals surface area (Å²) >= 11 is 0. The molecule has 1 unspecified atom stereocenters. The first kappa shape index (κ1) is 12.8. The Kier molecular flexibility index (Phi) is 3.20. The van der Waals surface area contributed by atoms with Crippen LogP contribution in [0, 0.1) is 0 Å². The summed E-state index contributed by atoms with van der Waals surface area (Å²) in [7, 11) is 0. The van der Waals surface area contributed by atoms with Gasteiger partial charge >= 0.3 is 0 Å². The Morgan fingerprint density at radius 3 is 2.15 bits per heavy atom. The highest BCUT2D eigenvalue weighted by Crippen LogP contribution is 2.24. The molecule has 1 aliphatic heterocycles. The fourth-order valence-corrected chi connectivity index (χ4v) is 2.42. The molecule has 1 atom stereocenters. The summed E-state index contributed by atoms with van der Waals surface area (Å²) in [5, 5.41) is 10.6. The number of hydrogen-bond acceptors (Lipinski definition) is 3. The van der Waals surface area contributed by atoms with Gasteiger partial charge in [-0.1, -0.05) is 60.7 Å². The molecule has 0 aromatic heterocycles. The lowest BCUT2D eigenvalue weighted by Gasteiger charge is -2.15. The highest BCUT2D eigenvalue weighted by atomic mass is 16.3. The maximum Gasteiger partial charge on any atom is 0.259 e. The van der Waals surface area contributed by atoms with Gasteiger partial charge in [-0.15, -0.1) is 0 Å². The van der Waals surface area contributed by atoms with Crippen molar-refractivity contribution in [2.75, 3.05) is 0 Å². The highest BCUT2D eigenvalue weighted by Gasteiger charge is 2.32. The van der Waals surface area contributed by atoms with Crippen LogP contribution in [0.2, 0.25) is 0 Å². The Balaban J connectivity index is 1.91. The van der Waals surface area contributed by atoms with Crippen molar-refractivity contribution < 1.29 is 5.11 Å². The number of benzene rings is 2. The average Bonchev–Trinajstić information content (AvgIpc) is 2.76. The lowest BCUT2D eigenvalue weighted by atomic mass is 10.1. The molecule has 0 saturated carbocycles. The van der Waals surface area contributed by atoms with E-state index in [1.165, 1.54) is 0 Å². The van der Waals surface area contributed by atoms with Crippen LogP contribution >= 0.6 is 0 Å². The van der Waals surface area contributed by atoms with Gasteiger partial charge in [0.1, 0.15) is 0 Å². The second-order valence-corrected chi connectivity index (χ2v) is 4.96. The van der Waals surface area contributed by atoms with Gasteiger partial charge in [0.2, 0.25) is 0 Å². The molecular formula is C17H16N2O. The Bertz CT molecular complexity index is 662. The first-order valence-corrected chi connectivity index (χ1v) is 6.65. The van der Waals surface area contributed by atoms with E-state index in [9.17, 15) is 5.11 Å². The van der Waals surface area contributed by atoms with Gasteiger partial charge in [0.25, 0.3) is 5.85 Å². The summed E-state index contributed by atoms with van der Waals surface area (Å²) in [5.41, 5.74) is 3.54. The van der Waals surface area contributed by atoms with Crippen molar-refractivity contribution in [3.8, 4) is 0 Å². The predicted octanol–water partition coefficient (Wildman–Crippen LogP) is 2.84. The minimum Gasteiger partial charge on any atom is -0.351 e. The van der Waals surface area contributed by atoms with E-state index in [1.54, 1.807) is 0 Å². The van der Waals surface area contributed by atoms with Crippen molar-refractivity contribution in [1.29, 1.82) is 0 Å². The summed E-state index contributed by atoms with van der Waals surface area (Å²) in [6, 6.07) is 19.6. The second kappa shape index (κ2) is 5.02. The van der Waals surface area contributed by atoms with Crippen molar-refractivity contribution >= 4 is 11.4 Å². The van der Waals surface area contributed by atoms with Crippen LogP contribution in [0.15, 0.2) is 70.6 Å². The topological polar surface area (TPSA) is 45.0 Å². The van der Waals surface area contributed by atoms with E-state index in [-0.39, 0.29) is 0 Å². The van der Waals surface area contributed by atoms with Crippen molar-refractivity contribution in [1.82, 2.24) is 0 Å². The van der Waals surface area contributed by atoms with E-state index in [0.717, 1.165) is 22.6 Å². The van der Waals surface area contributed by atoms with Gasteiger partial charge in [-0.2, -0.15) is 0 Å². The average molecular weight is 264 g/mol. The van der Waals surface area contributed by atoms with Crippen LogP contribution in [0.5, 0.6) is 0 Å². The van der Waals surface area contributed by atoms with Crippen LogP contribution in [0.4, 0.5) is 0 Å². The normalized spacial score (nSPS) is 21.5. The van der Waals surface area contributed by atoms with Crippen molar-refractivity contribution in [3.63, 3.8) is 0 Å². The lowest BCUT2D eigenvalue weighted by Crippen LogP contribution is -2.24. The van der Waals surface area contributed by atoms with Gasteiger partial charge in [0, 0.05) is 12.0 Å². The van der Waals surface area contributed by atoms with Crippen molar-refractivity contribution in [2.24, 2.45) is 9.98 Å². The lowest BCUT2D eigenvalue weighted by molar-refractivity contribution is 0.0634. The van der Waals surface area contributed by atoms with Crippen LogP contribution in [-0.4, -0.2) is 22.4 Å². The molecule has 0 aliphatic carbocycles. The molecule has 100 valence electrons. The third-order valence-corrected chi connectivity index (χ3v) is 3.31. The van der Waals surface area contributed by atoms with Gasteiger partial charge in [-0.25, -0.2) is 9.98 Å². The molecule has 1 N–H and O–H groups in total. The van der Waals surface area contributed by atoms with Gasteiger partial charge in [0.15, 0.2) is 0 Å². The molecule has 2 aromatic rings. The number of aliphatic imine (C=N–C) groups is 2. The van der Waals surface area contributed by atoms with E-state index in [4.69, 9.17) is 0 Å². The summed E-state index contributed by atoms with van der Waals surface area (Å²) < 4.78 is 0. The number of rotatable bonds is 3. The molecule has 0 bridgehead atoms. The van der Waals surface area contributed by atoms with Gasteiger partial charge < -0.3 is 5.11 Å². The zero-order valence-corrected chi connectivity index (χ0v) is 11.3. The fraction of sp³-hybridized carbons (Fsp3) is 0.176. The quantitative estimate of drug-likeness (QED) is 0.910. The third-order valence-electron chi connectivity index (χ3n) is 3.31. The summed E-state index contributed by atoms with van der Waals surface area (Å²) in [4.78, 5) is 8.78. The number of aliphatic hydroxyl groups is 1. The molecule has 0 amide bonds. The van der Waals surface area contributed by atoms with Gasteiger partial charge in [-0.05, 0) is 12.5 Å². The first-order chi connectivity index (χ1) is 9.66. The van der Waals surface area contributed by atoms with Gasteiger partial charge in [-0.3, -0.25) is 0 Å². The maximum absolute atomic E-state index is 10.6. The van der Waals surface area contributed by atoms with Crippen LogP contribution in [0.3, 0.4) is 0 Å². The minimum absolute atomic E-state index is 0.390. The predicted molar refractivity (Wildman–Crippen MR) is 81.2 cm³/mol. The van der Waals surface area contributed by atoms with E-state index >= 15 is 0 Å². The number of nitrogens with zero attached hydrogens (tertiary/aromatic N) is 2. The zero-order valence-electron chi connectivity index (χ0n) is 11.3. The summed E-state index contributed by atoms with van der Waals surface area (Å²) in [6.07, 6.45) is 0.390. The molecule has 0 fully saturated rings. The van der Waals surface area contributed by atoms with Crippen molar-refractivity contribution in [2.45, 2.75) is 19.2 Å². The highest BCUT2D eigenvalue weighted by molar-refractivity contribution is 6.48. The van der Waals surface area contributed by atoms with Crippen LogP contribution in [0.1, 0.15) is 18.1 Å². The van der Waals surface area contributed by atoms with Crippen molar-refractivity contribution in [3.05, 3.63) is 71.8 Å². The molecule has 3 nitrogen and oxygen atoms in total. The molecule has 0 spiro atoms. The molecule has 0 saturated heterocycles. The van der Waals surface area contributed by atoms with E-state index in [0.29, 0.717) is 6.42 Å². The standard InChI is InChI=1S/C17H16N2O/c1-13-16(15-10-6-3-7-11-15)19-17(20,18-13)12-14-8-4-2-5-9-14/h2-11,20H,12H2,1H3. The molecule has 0 radical (unpaired) electrons. The smallest absolute Gasteiger partial charge is 0.259 e. The Hall–Kier alpha value is -2.26. The van der Waals surface area contributed by atoms with E-state index in [2.05, 4.69) is 9.98 Å². The van der Waals surface area contributed by atoms with E-state index in [1.807, 2.05) is 67.6 Å². The first-order valence-electron chi connectivity index (χ1n) is 6.65. The second-order valence-electron chi connectivity index (χ2n) is 4.96. The minimum atomic E-state index is -1.38. The molecule has 2 aromatic carbocycles. The molecule has 1 aliphatic rings. The Morgan fingerprint density at radius 2 is 1.50 bits per heavy atom. The van der Waals surface area contributed by atoms with Crippen LogP contribution < -0.4 is 0 Å². The fourth-order valence-electron chi connectivity index (χ4n) is 2.42. The Labute approximate surface area is 118 Å². The molecule has 20 heavy (non-hydrogen) atoms. The molecular weight excluding hydrogens is 248 g/mol. The molecule has 1 heterocycles. The maximum atomic E-state index is 10.6. The largest absolute Gasteiger partial charge is 0.351 e. The Morgan fingerprint density at radius 1 is 0.900 bits per heavy atom. The SMILES string of the molecule is CC1=NC(O)(Cc2ccccc2)N=C1c1ccccc1.